The van der Waals surface area contributed by atoms with E-state index in [9.17, 15) is 9.59 Å². The van der Waals surface area contributed by atoms with E-state index < -0.39 is 0 Å². The summed E-state index contributed by atoms with van der Waals surface area (Å²) in [7, 11) is 3.19. The highest BCUT2D eigenvalue weighted by Crippen LogP contribution is 2.22. The number of ketones is 1. The number of hydrogen-bond donors (Lipinski definition) is 1. The third-order valence-electron chi connectivity index (χ3n) is 3.06. The van der Waals surface area contributed by atoms with E-state index in [0.29, 0.717) is 16.8 Å². The van der Waals surface area contributed by atoms with E-state index >= 15 is 0 Å². The van der Waals surface area contributed by atoms with Crippen molar-refractivity contribution < 1.29 is 9.59 Å². The number of carbonyl (C=O) groups is 2. The minimum absolute atomic E-state index is 0.100. The van der Waals surface area contributed by atoms with Crippen LogP contribution in [-0.4, -0.2) is 25.9 Å². The van der Waals surface area contributed by atoms with Crippen LogP contribution in [0.1, 0.15) is 15.9 Å². The molecule has 2 amide bonds. The van der Waals surface area contributed by atoms with Crippen molar-refractivity contribution in [2.75, 3.05) is 19.0 Å². The van der Waals surface area contributed by atoms with Crippen LogP contribution in [0.25, 0.3) is 0 Å². The summed E-state index contributed by atoms with van der Waals surface area (Å²) >= 11 is 0. The first-order valence-electron chi connectivity index (χ1n) is 6.29. The lowest BCUT2D eigenvalue weighted by Crippen LogP contribution is -2.35. The predicted molar refractivity (Wildman–Crippen MR) is 79.2 cm³/mol. The van der Waals surface area contributed by atoms with Gasteiger partial charge in [-0.25, -0.2) is 4.79 Å². The summed E-state index contributed by atoms with van der Waals surface area (Å²) < 4.78 is 0. The summed E-state index contributed by atoms with van der Waals surface area (Å²) in [5.41, 5.74) is 1.69. The van der Waals surface area contributed by atoms with Crippen LogP contribution in [-0.2, 0) is 0 Å². The first kappa shape index (κ1) is 13.8. The number of nitrogens with zero attached hydrogens (tertiary/aromatic N) is 1. The number of urea groups is 1. The van der Waals surface area contributed by atoms with E-state index in [1.165, 1.54) is 4.90 Å². The number of nitrogens with one attached hydrogen (secondary N) is 1. The summed E-state index contributed by atoms with van der Waals surface area (Å²) in [5, 5.41) is 2.54. The first-order valence-corrected chi connectivity index (χ1v) is 6.29. The molecule has 0 bridgehead atoms. The summed E-state index contributed by atoms with van der Waals surface area (Å²) in [4.78, 5) is 25.7. The average Bonchev–Trinajstić information content (AvgIpc) is 2.53. The molecule has 0 atom stereocenters. The normalized spacial score (nSPS) is 9.90. The van der Waals surface area contributed by atoms with Crippen molar-refractivity contribution in [3.63, 3.8) is 0 Å². The maximum atomic E-state index is 12.5. The highest BCUT2D eigenvalue weighted by atomic mass is 16.2. The van der Waals surface area contributed by atoms with E-state index in [1.54, 1.807) is 50.5 Å². The van der Waals surface area contributed by atoms with E-state index in [-0.39, 0.29) is 11.8 Å². The molecule has 0 aliphatic rings. The maximum Gasteiger partial charge on any atom is 0.321 e. The summed E-state index contributed by atoms with van der Waals surface area (Å²) in [6.07, 6.45) is 0. The number of para-hydroxylation sites is 1. The van der Waals surface area contributed by atoms with Crippen molar-refractivity contribution in [3.8, 4) is 0 Å². The van der Waals surface area contributed by atoms with Gasteiger partial charge in [0.15, 0.2) is 5.78 Å². The van der Waals surface area contributed by atoms with Gasteiger partial charge in [0.2, 0.25) is 0 Å². The Morgan fingerprint density at radius 2 is 1.55 bits per heavy atom. The molecule has 4 nitrogen and oxygen atoms in total. The Morgan fingerprint density at radius 1 is 0.950 bits per heavy atom. The average molecular weight is 268 g/mol. The number of anilines is 1. The fourth-order valence-electron chi connectivity index (χ4n) is 1.98. The predicted octanol–water partition coefficient (Wildman–Crippen LogP) is 2.69. The van der Waals surface area contributed by atoms with Crippen molar-refractivity contribution in [3.05, 3.63) is 65.7 Å². The van der Waals surface area contributed by atoms with Gasteiger partial charge in [0, 0.05) is 25.2 Å². The van der Waals surface area contributed by atoms with Gasteiger partial charge in [0.25, 0.3) is 0 Å². The number of amides is 2. The molecular formula is C16H16N2O2. The number of rotatable bonds is 3. The molecule has 0 saturated heterocycles. The zero-order valence-corrected chi connectivity index (χ0v) is 11.5. The highest BCUT2D eigenvalue weighted by Gasteiger charge is 2.18. The third-order valence-corrected chi connectivity index (χ3v) is 3.06. The molecule has 0 unspecified atom stereocenters. The van der Waals surface area contributed by atoms with E-state index in [2.05, 4.69) is 5.32 Å². The van der Waals surface area contributed by atoms with Gasteiger partial charge < -0.3 is 5.32 Å². The molecule has 1 N–H and O–H groups in total. The van der Waals surface area contributed by atoms with E-state index in [4.69, 9.17) is 0 Å². The second kappa shape index (κ2) is 6.02. The van der Waals surface area contributed by atoms with Gasteiger partial charge in [-0.2, -0.15) is 0 Å². The van der Waals surface area contributed by atoms with E-state index in [0.717, 1.165) is 0 Å². The SMILES string of the molecule is CNC(=O)N(C)c1ccccc1C(=O)c1ccccc1. The van der Waals surface area contributed by atoms with Gasteiger partial charge in [0.05, 0.1) is 5.69 Å². The van der Waals surface area contributed by atoms with Crippen molar-refractivity contribution in [1.82, 2.24) is 5.32 Å². The molecule has 0 aliphatic heterocycles. The molecule has 4 heteroatoms. The van der Waals surface area contributed by atoms with Gasteiger partial charge in [0.1, 0.15) is 0 Å². The lowest BCUT2D eigenvalue weighted by atomic mass is 10.0. The van der Waals surface area contributed by atoms with Gasteiger partial charge in [-0.1, -0.05) is 42.5 Å². The van der Waals surface area contributed by atoms with Crippen LogP contribution in [0.5, 0.6) is 0 Å². The number of benzene rings is 2. The Morgan fingerprint density at radius 3 is 2.20 bits per heavy atom. The Labute approximate surface area is 118 Å². The molecule has 0 heterocycles. The van der Waals surface area contributed by atoms with Crippen molar-refractivity contribution in [2.24, 2.45) is 0 Å². The topological polar surface area (TPSA) is 49.4 Å². The van der Waals surface area contributed by atoms with Crippen LogP contribution in [0.4, 0.5) is 10.5 Å². The van der Waals surface area contributed by atoms with Gasteiger partial charge in [-0.3, -0.25) is 9.69 Å². The summed E-state index contributed by atoms with van der Waals surface area (Å²) in [6, 6.07) is 15.8. The van der Waals surface area contributed by atoms with Gasteiger partial charge in [-0.05, 0) is 12.1 Å². The lowest BCUT2D eigenvalue weighted by Gasteiger charge is -2.19. The molecule has 0 spiro atoms. The second-order valence-electron chi connectivity index (χ2n) is 4.33. The second-order valence-corrected chi connectivity index (χ2v) is 4.33. The standard InChI is InChI=1S/C16H16N2O2/c1-17-16(20)18(2)14-11-7-6-10-13(14)15(19)12-8-4-3-5-9-12/h3-11H,1-2H3,(H,17,20). The van der Waals surface area contributed by atoms with Crippen LogP contribution >= 0.6 is 0 Å². The summed E-state index contributed by atoms with van der Waals surface area (Å²) in [5.74, 6) is -0.100. The fourth-order valence-corrected chi connectivity index (χ4v) is 1.98. The Hall–Kier alpha value is -2.62. The fraction of sp³-hybridized carbons (Fsp3) is 0.125. The quantitative estimate of drug-likeness (QED) is 0.870. The zero-order chi connectivity index (χ0) is 14.5. The van der Waals surface area contributed by atoms with Gasteiger partial charge >= 0.3 is 6.03 Å². The monoisotopic (exact) mass is 268 g/mol. The van der Waals surface area contributed by atoms with E-state index in [1.807, 2.05) is 18.2 Å². The smallest absolute Gasteiger partial charge is 0.321 e. The number of carbonyl (C=O) groups excluding carboxylic acids is 2. The molecular weight excluding hydrogens is 252 g/mol. The zero-order valence-electron chi connectivity index (χ0n) is 11.5. The molecule has 20 heavy (non-hydrogen) atoms. The minimum atomic E-state index is -0.265. The molecule has 2 aromatic rings. The Kier molecular flexibility index (Phi) is 4.15. The Bertz CT molecular complexity index is 623. The maximum absolute atomic E-state index is 12.5. The van der Waals surface area contributed by atoms with Crippen LogP contribution in [0.3, 0.4) is 0 Å². The van der Waals surface area contributed by atoms with Crippen LogP contribution < -0.4 is 10.2 Å². The first-order chi connectivity index (χ1) is 9.65. The van der Waals surface area contributed by atoms with Crippen molar-refractivity contribution in [1.29, 1.82) is 0 Å². The van der Waals surface area contributed by atoms with Crippen LogP contribution in [0.15, 0.2) is 54.6 Å². The number of hydrogen-bond acceptors (Lipinski definition) is 2. The Balaban J connectivity index is 2.43. The van der Waals surface area contributed by atoms with Crippen LogP contribution in [0.2, 0.25) is 0 Å². The minimum Gasteiger partial charge on any atom is -0.341 e. The molecule has 0 aliphatic carbocycles. The van der Waals surface area contributed by atoms with Crippen molar-refractivity contribution in [2.45, 2.75) is 0 Å². The highest BCUT2D eigenvalue weighted by molar-refractivity contribution is 6.14. The van der Waals surface area contributed by atoms with Crippen LogP contribution in [0, 0.1) is 0 Å². The third kappa shape index (κ3) is 2.69. The molecule has 0 fully saturated rings. The molecule has 2 rings (SSSR count). The lowest BCUT2D eigenvalue weighted by molar-refractivity contribution is 0.103. The van der Waals surface area contributed by atoms with Crippen molar-refractivity contribution >= 4 is 17.5 Å². The molecule has 0 saturated carbocycles. The molecule has 2 aromatic carbocycles. The molecule has 0 aromatic heterocycles. The summed E-state index contributed by atoms with van der Waals surface area (Å²) in [6.45, 7) is 0. The van der Waals surface area contributed by atoms with Gasteiger partial charge in [-0.15, -0.1) is 0 Å². The molecule has 102 valence electrons. The largest absolute Gasteiger partial charge is 0.341 e. The molecule has 0 radical (unpaired) electrons.